The predicted octanol–water partition coefficient (Wildman–Crippen LogP) is 3.00. The second-order valence-corrected chi connectivity index (χ2v) is 5.33. The Bertz CT molecular complexity index is 874. The quantitative estimate of drug-likeness (QED) is 0.449. The van der Waals surface area contributed by atoms with Gasteiger partial charge in [0.15, 0.2) is 35.5 Å². The van der Waals surface area contributed by atoms with Crippen molar-refractivity contribution in [2.24, 2.45) is 0 Å². The van der Waals surface area contributed by atoms with Gasteiger partial charge in [0.1, 0.15) is 0 Å². The van der Waals surface area contributed by atoms with Gasteiger partial charge < -0.3 is 18.9 Å². The maximum absolute atomic E-state index is 13.6. The zero-order chi connectivity index (χ0) is 18.5. The maximum Gasteiger partial charge on any atom is 0.331 e. The number of carbonyl (C=O) groups excluding carboxylic acids is 2. The summed E-state index contributed by atoms with van der Waals surface area (Å²) in [5, 5.41) is 0. The van der Waals surface area contributed by atoms with Gasteiger partial charge in [0.05, 0.1) is 7.11 Å². The lowest BCUT2D eigenvalue weighted by molar-refractivity contribution is -0.136. The first-order valence-corrected chi connectivity index (χ1v) is 7.68. The molecule has 1 aliphatic rings. The highest BCUT2D eigenvalue weighted by molar-refractivity contribution is 5.99. The van der Waals surface area contributed by atoms with E-state index in [4.69, 9.17) is 18.9 Å². The van der Waals surface area contributed by atoms with E-state index in [0.717, 1.165) is 6.08 Å². The van der Waals surface area contributed by atoms with E-state index in [2.05, 4.69) is 0 Å². The number of hydrogen-bond acceptors (Lipinski definition) is 6. The number of ketones is 1. The standard InChI is InChI=1S/C19H15FO6/c1-23-16-5-2-12(8-14(16)20)3-7-19(22)24-10-15(21)13-4-6-17-18(9-13)26-11-25-17/h2-9H,10-11H2,1H3/b7-3+. The maximum atomic E-state index is 13.6. The number of halogens is 1. The summed E-state index contributed by atoms with van der Waals surface area (Å²) in [4.78, 5) is 23.8. The molecule has 0 saturated heterocycles. The van der Waals surface area contributed by atoms with Crippen LogP contribution in [0.5, 0.6) is 17.2 Å². The minimum absolute atomic E-state index is 0.110. The summed E-state index contributed by atoms with van der Waals surface area (Å²) in [5.74, 6) is -0.479. The van der Waals surface area contributed by atoms with E-state index in [1.165, 1.54) is 31.4 Å². The van der Waals surface area contributed by atoms with Crippen LogP contribution in [-0.4, -0.2) is 32.3 Å². The van der Waals surface area contributed by atoms with Crippen molar-refractivity contribution in [1.29, 1.82) is 0 Å². The Morgan fingerprint density at radius 1 is 1.15 bits per heavy atom. The fourth-order valence-electron chi connectivity index (χ4n) is 2.29. The van der Waals surface area contributed by atoms with E-state index < -0.39 is 18.4 Å². The zero-order valence-electron chi connectivity index (χ0n) is 13.9. The van der Waals surface area contributed by atoms with Gasteiger partial charge in [-0.25, -0.2) is 9.18 Å². The van der Waals surface area contributed by atoms with Crippen LogP contribution in [0.2, 0.25) is 0 Å². The molecule has 2 aromatic carbocycles. The van der Waals surface area contributed by atoms with Gasteiger partial charge in [-0.15, -0.1) is 0 Å². The molecule has 6 nitrogen and oxygen atoms in total. The van der Waals surface area contributed by atoms with Gasteiger partial charge in [0.2, 0.25) is 6.79 Å². The third-order valence-electron chi connectivity index (χ3n) is 3.63. The first-order valence-electron chi connectivity index (χ1n) is 7.68. The van der Waals surface area contributed by atoms with Crippen LogP contribution in [0.4, 0.5) is 4.39 Å². The fraction of sp³-hybridized carbons (Fsp3) is 0.158. The number of Topliss-reactive ketones (excluding diaryl/α,β-unsaturated/α-hetero) is 1. The molecular weight excluding hydrogens is 343 g/mol. The Kier molecular flexibility index (Phi) is 5.17. The Hall–Kier alpha value is -3.35. The van der Waals surface area contributed by atoms with Crippen LogP contribution in [0.1, 0.15) is 15.9 Å². The molecule has 26 heavy (non-hydrogen) atoms. The number of hydrogen-bond donors (Lipinski definition) is 0. The number of ether oxygens (including phenoxy) is 4. The van der Waals surface area contributed by atoms with Gasteiger partial charge in [0.25, 0.3) is 0 Å². The molecule has 0 amide bonds. The topological polar surface area (TPSA) is 71.1 Å². The third kappa shape index (κ3) is 4.00. The molecule has 0 radical (unpaired) electrons. The van der Waals surface area contributed by atoms with E-state index in [1.54, 1.807) is 18.2 Å². The lowest BCUT2D eigenvalue weighted by Crippen LogP contribution is -2.12. The van der Waals surface area contributed by atoms with Gasteiger partial charge in [-0.2, -0.15) is 0 Å². The average Bonchev–Trinajstić information content (AvgIpc) is 3.12. The molecule has 134 valence electrons. The molecule has 1 heterocycles. The normalized spacial score (nSPS) is 12.2. The van der Waals surface area contributed by atoms with Crippen LogP contribution < -0.4 is 14.2 Å². The second-order valence-electron chi connectivity index (χ2n) is 5.33. The second kappa shape index (κ2) is 7.69. The largest absolute Gasteiger partial charge is 0.494 e. The van der Waals surface area contributed by atoms with Crippen molar-refractivity contribution >= 4 is 17.8 Å². The van der Waals surface area contributed by atoms with Gasteiger partial charge in [0, 0.05) is 11.6 Å². The van der Waals surface area contributed by atoms with E-state index in [1.807, 2.05) is 0 Å². The summed E-state index contributed by atoms with van der Waals surface area (Å²) in [7, 11) is 1.36. The van der Waals surface area contributed by atoms with Crippen LogP contribution in [0.25, 0.3) is 6.08 Å². The molecule has 1 aliphatic heterocycles. The highest BCUT2D eigenvalue weighted by Gasteiger charge is 2.16. The number of carbonyl (C=O) groups is 2. The van der Waals surface area contributed by atoms with E-state index in [-0.39, 0.29) is 18.3 Å². The van der Waals surface area contributed by atoms with E-state index in [0.29, 0.717) is 22.6 Å². The number of benzene rings is 2. The summed E-state index contributed by atoms with van der Waals surface area (Å²) in [6.45, 7) is -0.307. The first-order chi connectivity index (χ1) is 12.6. The molecule has 0 fully saturated rings. The third-order valence-corrected chi connectivity index (χ3v) is 3.63. The molecular formula is C19H15FO6. The van der Waals surface area contributed by atoms with Crippen molar-refractivity contribution in [3.05, 3.63) is 59.4 Å². The van der Waals surface area contributed by atoms with Crippen molar-refractivity contribution in [1.82, 2.24) is 0 Å². The highest BCUT2D eigenvalue weighted by Crippen LogP contribution is 2.32. The molecule has 2 aromatic rings. The van der Waals surface area contributed by atoms with Crippen LogP contribution in [-0.2, 0) is 9.53 Å². The Morgan fingerprint density at radius 2 is 1.96 bits per heavy atom. The van der Waals surface area contributed by atoms with Crippen molar-refractivity contribution in [2.45, 2.75) is 0 Å². The van der Waals surface area contributed by atoms with Crippen LogP contribution in [0.3, 0.4) is 0 Å². The summed E-state index contributed by atoms with van der Waals surface area (Å²) in [6.07, 6.45) is 2.50. The van der Waals surface area contributed by atoms with Crippen molar-refractivity contribution < 1.29 is 32.9 Å². The fourth-order valence-corrected chi connectivity index (χ4v) is 2.29. The van der Waals surface area contributed by atoms with E-state index >= 15 is 0 Å². The minimum Gasteiger partial charge on any atom is -0.494 e. The zero-order valence-corrected chi connectivity index (χ0v) is 13.9. The molecule has 3 rings (SSSR count). The number of methoxy groups -OCH3 is 1. The average molecular weight is 358 g/mol. The highest BCUT2D eigenvalue weighted by atomic mass is 19.1. The Labute approximate surface area is 148 Å². The molecule has 0 aliphatic carbocycles. The monoisotopic (exact) mass is 358 g/mol. The molecule has 0 unspecified atom stereocenters. The molecule has 0 saturated carbocycles. The van der Waals surface area contributed by atoms with E-state index in [9.17, 15) is 14.0 Å². The van der Waals surface area contributed by atoms with Crippen LogP contribution in [0, 0.1) is 5.82 Å². The van der Waals surface area contributed by atoms with Gasteiger partial charge in [-0.05, 0) is 42.0 Å². The van der Waals surface area contributed by atoms with Crippen molar-refractivity contribution in [2.75, 3.05) is 20.5 Å². The molecule has 0 atom stereocenters. The van der Waals surface area contributed by atoms with Gasteiger partial charge in [-0.3, -0.25) is 4.79 Å². The lowest BCUT2D eigenvalue weighted by atomic mass is 10.1. The summed E-state index contributed by atoms with van der Waals surface area (Å²) in [6, 6.07) is 8.98. The predicted molar refractivity (Wildman–Crippen MR) is 89.8 cm³/mol. The number of rotatable bonds is 6. The first kappa shape index (κ1) is 17.5. The van der Waals surface area contributed by atoms with Crippen molar-refractivity contribution in [3.8, 4) is 17.2 Å². The van der Waals surface area contributed by atoms with Crippen LogP contribution >= 0.6 is 0 Å². The van der Waals surface area contributed by atoms with Gasteiger partial charge in [-0.1, -0.05) is 6.07 Å². The SMILES string of the molecule is COc1ccc(/C=C/C(=O)OCC(=O)c2ccc3c(c2)OCO3)cc1F. The summed E-state index contributed by atoms with van der Waals surface area (Å²) < 4.78 is 33.7. The van der Waals surface area contributed by atoms with Crippen molar-refractivity contribution in [3.63, 3.8) is 0 Å². The number of esters is 1. The summed E-state index contributed by atoms with van der Waals surface area (Å²) in [5.41, 5.74) is 0.811. The molecule has 0 aromatic heterocycles. The van der Waals surface area contributed by atoms with Gasteiger partial charge >= 0.3 is 5.97 Å². The molecule has 7 heteroatoms. The lowest BCUT2D eigenvalue weighted by Gasteiger charge is -2.04. The Morgan fingerprint density at radius 3 is 2.73 bits per heavy atom. The molecule has 0 spiro atoms. The molecule has 0 bridgehead atoms. The number of fused-ring (bicyclic) bond motifs is 1. The smallest absolute Gasteiger partial charge is 0.331 e. The minimum atomic E-state index is -0.713. The Balaban J connectivity index is 1.55. The summed E-state index contributed by atoms with van der Waals surface area (Å²) >= 11 is 0. The molecule has 0 N–H and O–H groups in total. The van der Waals surface area contributed by atoms with Crippen LogP contribution in [0.15, 0.2) is 42.5 Å².